The van der Waals surface area contributed by atoms with Gasteiger partial charge in [0, 0.05) is 0 Å². The van der Waals surface area contributed by atoms with Crippen LogP contribution in [0.1, 0.15) is 5.56 Å². The Morgan fingerprint density at radius 2 is 1.73 bits per heavy atom. The molecule has 0 aromatic heterocycles. The molecule has 140 valence electrons. The maximum absolute atomic E-state index is 13.2. The molecule has 0 bridgehead atoms. The minimum Gasteiger partial charge on any atom is -0.495 e. The van der Waals surface area contributed by atoms with Crippen LogP contribution in [-0.2, 0) is 19.6 Å². The first kappa shape index (κ1) is 20.4. The number of esters is 1. The van der Waals surface area contributed by atoms with Crippen LogP contribution >= 0.6 is 23.2 Å². The quantitative estimate of drug-likeness (QED) is 0.670. The van der Waals surface area contributed by atoms with Crippen LogP contribution in [0.3, 0.4) is 0 Å². The molecule has 0 aliphatic rings. The van der Waals surface area contributed by atoms with Gasteiger partial charge in [0.15, 0.2) is 0 Å². The minimum absolute atomic E-state index is 0.0296. The number of aryl methyl sites for hydroxylation is 1. The smallest absolute Gasteiger partial charge is 0.326 e. The lowest BCUT2D eigenvalue weighted by Gasteiger charge is -2.25. The average Bonchev–Trinajstić information content (AvgIpc) is 2.62. The monoisotopic (exact) mass is 417 g/mol. The number of sulfonamides is 1. The van der Waals surface area contributed by atoms with Crippen molar-refractivity contribution in [2.45, 2.75) is 11.8 Å². The Kier molecular flexibility index (Phi) is 6.39. The molecule has 0 heterocycles. The van der Waals surface area contributed by atoms with Crippen molar-refractivity contribution in [2.75, 3.05) is 25.1 Å². The van der Waals surface area contributed by atoms with Gasteiger partial charge in [-0.05, 0) is 30.7 Å². The van der Waals surface area contributed by atoms with Gasteiger partial charge < -0.3 is 9.47 Å². The van der Waals surface area contributed by atoms with Gasteiger partial charge in [0.1, 0.15) is 22.2 Å². The molecule has 2 aromatic rings. The summed E-state index contributed by atoms with van der Waals surface area (Å²) in [7, 11) is -1.63. The Morgan fingerprint density at radius 3 is 2.31 bits per heavy atom. The van der Waals surface area contributed by atoms with E-state index in [0.29, 0.717) is 11.3 Å². The first-order chi connectivity index (χ1) is 12.2. The number of methoxy groups -OCH3 is 2. The molecular formula is C17H17Cl2NO5S. The van der Waals surface area contributed by atoms with Gasteiger partial charge in [-0.25, -0.2) is 8.42 Å². The molecule has 0 saturated carbocycles. The van der Waals surface area contributed by atoms with Crippen LogP contribution in [0.25, 0.3) is 0 Å². The van der Waals surface area contributed by atoms with E-state index in [-0.39, 0.29) is 20.7 Å². The van der Waals surface area contributed by atoms with Crippen molar-refractivity contribution in [1.82, 2.24) is 0 Å². The van der Waals surface area contributed by atoms with Crippen LogP contribution < -0.4 is 9.04 Å². The molecule has 9 heteroatoms. The van der Waals surface area contributed by atoms with E-state index in [0.717, 1.165) is 4.31 Å². The maximum Gasteiger partial charge on any atom is 0.326 e. The maximum atomic E-state index is 13.2. The van der Waals surface area contributed by atoms with E-state index >= 15 is 0 Å². The first-order valence-electron chi connectivity index (χ1n) is 7.41. The molecule has 0 radical (unpaired) electrons. The van der Waals surface area contributed by atoms with E-state index in [1.54, 1.807) is 31.2 Å². The van der Waals surface area contributed by atoms with Crippen LogP contribution in [0.2, 0.25) is 10.0 Å². The van der Waals surface area contributed by atoms with Gasteiger partial charge >= 0.3 is 5.97 Å². The highest BCUT2D eigenvalue weighted by Crippen LogP contribution is 2.38. The molecule has 0 spiro atoms. The van der Waals surface area contributed by atoms with Crippen LogP contribution in [0.5, 0.6) is 5.75 Å². The average molecular weight is 418 g/mol. The molecule has 2 aromatic carbocycles. The Bertz CT molecular complexity index is 931. The Labute approximate surface area is 162 Å². The summed E-state index contributed by atoms with van der Waals surface area (Å²) in [6.07, 6.45) is 0. The van der Waals surface area contributed by atoms with E-state index in [2.05, 4.69) is 4.74 Å². The van der Waals surface area contributed by atoms with Crippen molar-refractivity contribution in [3.05, 3.63) is 52.0 Å². The summed E-state index contributed by atoms with van der Waals surface area (Å²) in [4.78, 5) is 11.6. The molecular weight excluding hydrogens is 401 g/mol. The first-order valence-corrected chi connectivity index (χ1v) is 9.60. The van der Waals surface area contributed by atoms with Crippen molar-refractivity contribution in [3.63, 3.8) is 0 Å². The van der Waals surface area contributed by atoms with Crippen LogP contribution in [0, 0.1) is 6.92 Å². The Balaban J connectivity index is 2.65. The predicted molar refractivity (Wildman–Crippen MR) is 101 cm³/mol. The summed E-state index contributed by atoms with van der Waals surface area (Å²) in [6.45, 7) is 1.22. The van der Waals surface area contributed by atoms with Gasteiger partial charge in [0.25, 0.3) is 10.0 Å². The van der Waals surface area contributed by atoms with Crippen LogP contribution in [0.4, 0.5) is 5.69 Å². The van der Waals surface area contributed by atoms with Crippen LogP contribution in [0.15, 0.2) is 41.3 Å². The number of carbonyl (C=O) groups is 1. The molecule has 0 aliphatic carbocycles. The number of nitrogens with zero attached hydrogens (tertiary/aromatic N) is 1. The third-order valence-electron chi connectivity index (χ3n) is 3.68. The molecule has 6 nitrogen and oxygen atoms in total. The summed E-state index contributed by atoms with van der Waals surface area (Å²) in [5.41, 5.74) is 0.997. The van der Waals surface area contributed by atoms with E-state index in [1.807, 2.05) is 0 Å². The number of para-hydroxylation sites is 1. The fourth-order valence-corrected chi connectivity index (χ4v) is 4.61. The largest absolute Gasteiger partial charge is 0.495 e. The molecule has 0 amide bonds. The fourth-order valence-electron chi connectivity index (χ4n) is 2.31. The zero-order valence-corrected chi connectivity index (χ0v) is 16.7. The summed E-state index contributed by atoms with van der Waals surface area (Å²) >= 11 is 12.3. The second kappa shape index (κ2) is 8.16. The Hall–Kier alpha value is -1.96. The van der Waals surface area contributed by atoms with Gasteiger partial charge in [0.05, 0.1) is 24.9 Å². The van der Waals surface area contributed by atoms with E-state index in [9.17, 15) is 13.2 Å². The van der Waals surface area contributed by atoms with E-state index < -0.39 is 22.5 Å². The third kappa shape index (κ3) is 3.90. The summed E-state index contributed by atoms with van der Waals surface area (Å²) in [5, 5.41) is -0.215. The molecule has 0 saturated heterocycles. The van der Waals surface area contributed by atoms with E-state index in [4.69, 9.17) is 27.9 Å². The fraction of sp³-hybridized carbons (Fsp3) is 0.235. The molecule has 2 rings (SSSR count). The summed E-state index contributed by atoms with van der Waals surface area (Å²) < 4.78 is 37.1. The lowest BCUT2D eigenvalue weighted by atomic mass is 10.2. The van der Waals surface area contributed by atoms with Crippen molar-refractivity contribution in [1.29, 1.82) is 0 Å². The number of benzene rings is 2. The number of anilines is 1. The number of carbonyl (C=O) groups excluding carboxylic acids is 1. The Morgan fingerprint density at radius 1 is 1.08 bits per heavy atom. The van der Waals surface area contributed by atoms with Crippen molar-refractivity contribution >= 4 is 44.9 Å². The number of hydrogen-bond acceptors (Lipinski definition) is 5. The molecule has 0 unspecified atom stereocenters. The number of halogens is 2. The number of hydrogen-bond donors (Lipinski definition) is 0. The third-order valence-corrected chi connectivity index (χ3v) is 6.46. The standard InChI is InChI=1S/C17H17Cl2NO5S/c1-11-6-4-5-7-12(11)20(10-15(21)25-3)26(22,23)14-9-8-13(24-2)16(18)17(14)19/h4-9H,10H2,1-3H3. The van der Waals surface area contributed by atoms with Gasteiger partial charge in [-0.1, -0.05) is 41.4 Å². The zero-order chi connectivity index (χ0) is 19.5. The predicted octanol–water partition coefficient (Wildman–Crippen LogP) is 3.68. The molecule has 0 N–H and O–H groups in total. The molecule has 0 fully saturated rings. The lowest BCUT2D eigenvalue weighted by Crippen LogP contribution is -2.37. The highest BCUT2D eigenvalue weighted by atomic mass is 35.5. The van der Waals surface area contributed by atoms with E-state index in [1.165, 1.54) is 26.4 Å². The van der Waals surface area contributed by atoms with Crippen molar-refractivity contribution in [3.8, 4) is 5.75 Å². The minimum atomic E-state index is -4.20. The molecule has 0 atom stereocenters. The number of rotatable bonds is 6. The SMILES string of the molecule is COC(=O)CN(c1ccccc1C)S(=O)(=O)c1ccc(OC)c(Cl)c1Cl. The van der Waals surface area contributed by atoms with Crippen molar-refractivity contribution in [2.24, 2.45) is 0 Å². The lowest BCUT2D eigenvalue weighted by molar-refractivity contribution is -0.138. The second-order valence-corrected chi connectivity index (χ2v) is 7.85. The van der Waals surface area contributed by atoms with Crippen molar-refractivity contribution < 1.29 is 22.7 Å². The normalized spacial score (nSPS) is 11.1. The summed E-state index contributed by atoms with van der Waals surface area (Å²) in [5.74, 6) is -0.474. The van der Waals surface area contributed by atoms with Gasteiger partial charge in [-0.2, -0.15) is 0 Å². The highest BCUT2D eigenvalue weighted by Gasteiger charge is 2.31. The highest BCUT2D eigenvalue weighted by molar-refractivity contribution is 7.93. The molecule has 0 aliphatic heterocycles. The van der Waals surface area contributed by atoms with Gasteiger partial charge in [-0.15, -0.1) is 0 Å². The second-order valence-electron chi connectivity index (χ2n) is 5.27. The summed E-state index contributed by atoms with van der Waals surface area (Å²) in [6, 6.07) is 9.44. The van der Waals surface area contributed by atoms with Crippen LogP contribution in [-0.4, -0.2) is 35.2 Å². The molecule has 26 heavy (non-hydrogen) atoms. The topological polar surface area (TPSA) is 72.9 Å². The van der Waals surface area contributed by atoms with Gasteiger partial charge in [-0.3, -0.25) is 9.10 Å². The number of ether oxygens (including phenoxy) is 2. The van der Waals surface area contributed by atoms with Gasteiger partial charge in [0.2, 0.25) is 0 Å². The zero-order valence-electron chi connectivity index (χ0n) is 14.3.